The Morgan fingerprint density at radius 2 is 0.938 bits per heavy atom. The average molecular weight is 837 g/mol. The lowest BCUT2D eigenvalue weighted by Gasteiger charge is -2.13. The van der Waals surface area contributed by atoms with E-state index >= 15 is 0 Å². The zero-order chi connectivity index (χ0) is 44.4. The van der Waals surface area contributed by atoms with E-state index in [-0.39, 0.29) is 0 Å². The second-order valence-electron chi connectivity index (χ2n) is 16.5. The molecular weight excluding hydrogens is 785 g/mol. The summed E-state index contributed by atoms with van der Waals surface area (Å²) in [6, 6.07) is 71.3. The van der Waals surface area contributed by atoms with Gasteiger partial charge in [0.05, 0.1) is 22.1 Å². The molecule has 314 valence electrons. The smallest absolute Gasteiger partial charge is 0.0541 e. The lowest BCUT2D eigenvalue weighted by atomic mass is 9.94. The monoisotopic (exact) mass is 836 g/mol. The molecule has 0 saturated carbocycles. The summed E-state index contributed by atoms with van der Waals surface area (Å²) in [4.78, 5) is 0. The summed E-state index contributed by atoms with van der Waals surface area (Å²) in [6.07, 6.45) is 8.84. The van der Waals surface area contributed by atoms with Crippen LogP contribution in [-0.4, -0.2) is 9.13 Å². The Morgan fingerprint density at radius 1 is 0.415 bits per heavy atom. The van der Waals surface area contributed by atoms with Gasteiger partial charge in [0, 0.05) is 32.9 Å². The Morgan fingerprint density at radius 3 is 1.58 bits per heavy atom. The van der Waals surface area contributed by atoms with Crippen LogP contribution in [0.25, 0.3) is 93.6 Å². The molecule has 0 radical (unpaired) electrons. The van der Waals surface area contributed by atoms with Crippen LogP contribution in [0, 0.1) is 0 Å². The topological polar surface area (TPSA) is 9.86 Å². The molecule has 2 heterocycles. The minimum atomic E-state index is 0.838. The molecule has 1 aliphatic rings. The molecular formula is C63H52N2. The van der Waals surface area contributed by atoms with Crippen molar-refractivity contribution in [3.05, 3.63) is 247 Å². The number of hydrogen-bond donors (Lipinski definition) is 0. The molecule has 0 saturated heterocycles. The fourth-order valence-corrected chi connectivity index (χ4v) is 9.87. The highest BCUT2D eigenvalue weighted by atomic mass is 15.0. The van der Waals surface area contributed by atoms with E-state index in [1.165, 1.54) is 110 Å². The quantitative estimate of drug-likeness (QED) is 0.148. The van der Waals surface area contributed by atoms with Crippen LogP contribution in [0.4, 0.5) is 0 Å². The van der Waals surface area contributed by atoms with Crippen molar-refractivity contribution in [3.63, 3.8) is 0 Å². The zero-order valence-corrected chi connectivity index (χ0v) is 37.6. The minimum Gasteiger partial charge on any atom is -0.309 e. The van der Waals surface area contributed by atoms with E-state index in [0.717, 1.165) is 12.0 Å². The third-order valence-corrected chi connectivity index (χ3v) is 12.7. The van der Waals surface area contributed by atoms with Crippen LogP contribution in [0.15, 0.2) is 225 Å². The fourth-order valence-electron chi connectivity index (χ4n) is 9.87. The van der Waals surface area contributed by atoms with E-state index in [4.69, 9.17) is 0 Å². The third-order valence-electron chi connectivity index (χ3n) is 12.7. The number of allylic oxidation sites excluding steroid dienone is 4. The van der Waals surface area contributed by atoms with E-state index in [0.29, 0.717) is 0 Å². The van der Waals surface area contributed by atoms with Gasteiger partial charge >= 0.3 is 0 Å². The molecule has 0 aliphatic heterocycles. The highest BCUT2D eigenvalue weighted by molar-refractivity contribution is 6.13. The van der Waals surface area contributed by atoms with E-state index in [2.05, 4.69) is 210 Å². The summed E-state index contributed by atoms with van der Waals surface area (Å²) in [5.74, 6) is 0. The summed E-state index contributed by atoms with van der Waals surface area (Å²) in [6.45, 7) is 12.5. The molecule has 0 fully saturated rings. The number of para-hydroxylation sites is 2. The van der Waals surface area contributed by atoms with Gasteiger partial charge in [-0.25, -0.2) is 0 Å². The van der Waals surface area contributed by atoms with Crippen LogP contribution in [0.3, 0.4) is 0 Å². The average Bonchev–Trinajstić information content (AvgIpc) is 3.99. The van der Waals surface area contributed by atoms with Crippen molar-refractivity contribution in [1.29, 1.82) is 0 Å². The van der Waals surface area contributed by atoms with Crippen LogP contribution >= 0.6 is 0 Å². The molecule has 0 unspecified atom stereocenters. The summed E-state index contributed by atoms with van der Waals surface area (Å²) >= 11 is 0. The van der Waals surface area contributed by atoms with Gasteiger partial charge < -0.3 is 9.13 Å². The number of hydrogen-bond acceptors (Lipinski definition) is 0. The van der Waals surface area contributed by atoms with E-state index in [9.17, 15) is 0 Å². The largest absolute Gasteiger partial charge is 0.309 e. The standard InChI is InChI=1S/C55H36N2.C6H10.C2H6/c1-35-44-17-4-5-18-45(44)48-21-11-15-41(55(35)48)30-36-12-10-16-42(31-36)56-51-22-8-6-19-46(51)49-33-39(25-28-53(49)56)40-26-29-54-50(34-40)47-20-7-9-23-52(47)57(54)43-27-24-37-13-2-3-14-38(37)32-43;1-3-5-6-4-2;1-2/h2-29,31-34H,1,30H2;3-6H,1-2H3;1-2H3/b;5-3-,6-4-;. The van der Waals surface area contributed by atoms with Crippen molar-refractivity contribution in [1.82, 2.24) is 9.13 Å². The van der Waals surface area contributed by atoms with Crippen LogP contribution < -0.4 is 0 Å². The lowest BCUT2D eigenvalue weighted by Crippen LogP contribution is -1.98. The van der Waals surface area contributed by atoms with Gasteiger partial charge in [-0.3, -0.25) is 0 Å². The maximum Gasteiger partial charge on any atom is 0.0541 e. The molecule has 12 rings (SSSR count). The first-order valence-electron chi connectivity index (χ1n) is 22.9. The molecule has 0 amide bonds. The van der Waals surface area contributed by atoms with Crippen molar-refractivity contribution in [3.8, 4) is 33.6 Å². The van der Waals surface area contributed by atoms with Crippen LogP contribution in [0.5, 0.6) is 0 Å². The maximum atomic E-state index is 4.54. The number of rotatable bonds is 6. The van der Waals surface area contributed by atoms with Gasteiger partial charge in [-0.1, -0.05) is 178 Å². The normalized spacial score (nSPS) is 12.0. The molecule has 0 bridgehead atoms. The Hall–Kier alpha value is -7.94. The van der Waals surface area contributed by atoms with Crippen LogP contribution in [0.1, 0.15) is 49.9 Å². The lowest BCUT2D eigenvalue weighted by molar-refractivity contribution is 1.13. The van der Waals surface area contributed by atoms with Gasteiger partial charge in [-0.15, -0.1) is 0 Å². The van der Waals surface area contributed by atoms with Crippen molar-refractivity contribution in [2.24, 2.45) is 0 Å². The Balaban J connectivity index is 0.000000579. The fraction of sp³-hybridized carbons (Fsp3) is 0.0794. The first kappa shape index (κ1) is 41.1. The summed E-state index contributed by atoms with van der Waals surface area (Å²) in [7, 11) is 0. The molecule has 2 heteroatoms. The molecule has 0 N–H and O–H groups in total. The first-order valence-corrected chi connectivity index (χ1v) is 22.9. The molecule has 2 nitrogen and oxygen atoms in total. The van der Waals surface area contributed by atoms with Crippen molar-refractivity contribution in [2.45, 2.75) is 34.1 Å². The molecule has 0 spiro atoms. The molecule has 65 heavy (non-hydrogen) atoms. The molecule has 1 aliphatic carbocycles. The predicted octanol–water partition coefficient (Wildman–Crippen LogP) is 17.5. The second kappa shape index (κ2) is 17.7. The summed E-state index contributed by atoms with van der Waals surface area (Å²) < 4.78 is 4.84. The number of fused-ring (bicyclic) bond motifs is 10. The Labute approximate surface area is 382 Å². The number of nitrogens with zero attached hydrogens (tertiary/aromatic N) is 2. The molecule has 9 aromatic carbocycles. The zero-order valence-electron chi connectivity index (χ0n) is 37.6. The molecule has 2 aromatic heterocycles. The highest BCUT2D eigenvalue weighted by Gasteiger charge is 2.24. The van der Waals surface area contributed by atoms with Gasteiger partial charge in [0.25, 0.3) is 0 Å². The molecule has 11 aromatic rings. The van der Waals surface area contributed by atoms with Gasteiger partial charge in [-0.2, -0.15) is 0 Å². The predicted molar refractivity (Wildman–Crippen MR) is 282 cm³/mol. The van der Waals surface area contributed by atoms with Crippen molar-refractivity contribution in [2.75, 3.05) is 0 Å². The SMILES string of the molecule is C/C=C\C=C/C.C=C1c2ccccc2-c2cccc(Cc3cccc(-n4c5ccccc5c5cc(-c6ccc7c(c6)c6ccccc6n7-c6ccc7ccccc7c6)ccc54)c3)c21.CC. The van der Waals surface area contributed by atoms with Crippen LogP contribution in [0.2, 0.25) is 0 Å². The maximum absolute atomic E-state index is 4.54. The van der Waals surface area contributed by atoms with E-state index in [1.54, 1.807) is 0 Å². The third kappa shape index (κ3) is 7.28. The van der Waals surface area contributed by atoms with Gasteiger partial charge in [0.15, 0.2) is 0 Å². The molecule has 0 atom stereocenters. The van der Waals surface area contributed by atoms with Crippen molar-refractivity contribution >= 4 is 60.0 Å². The summed E-state index contributed by atoms with van der Waals surface area (Å²) in [5, 5.41) is 7.52. The van der Waals surface area contributed by atoms with Crippen molar-refractivity contribution < 1.29 is 0 Å². The number of aromatic nitrogens is 2. The summed E-state index contributed by atoms with van der Waals surface area (Å²) in [5.41, 5.74) is 18.4. The minimum absolute atomic E-state index is 0.838. The highest BCUT2D eigenvalue weighted by Crippen LogP contribution is 2.45. The number of benzene rings is 9. The Kier molecular flexibility index (Phi) is 11.2. The van der Waals surface area contributed by atoms with E-state index in [1.807, 2.05) is 52.0 Å². The van der Waals surface area contributed by atoms with Gasteiger partial charge in [-0.05, 0) is 142 Å². The second-order valence-corrected chi connectivity index (χ2v) is 16.5. The first-order chi connectivity index (χ1) is 32.1. The van der Waals surface area contributed by atoms with E-state index < -0.39 is 0 Å². The van der Waals surface area contributed by atoms with Gasteiger partial charge in [0.2, 0.25) is 0 Å². The van der Waals surface area contributed by atoms with Crippen LogP contribution in [-0.2, 0) is 6.42 Å². The Bertz CT molecular complexity index is 3630. The van der Waals surface area contributed by atoms with Gasteiger partial charge in [0.1, 0.15) is 0 Å².